The largest absolute Gasteiger partial charge is 0.872 e. The molecule has 7 nitrogen and oxygen atoms in total. The van der Waals surface area contributed by atoms with Crippen molar-refractivity contribution in [1.82, 2.24) is 12.9 Å². The Kier molecular flexibility index (Phi) is 8.16. The van der Waals surface area contributed by atoms with Gasteiger partial charge in [0.25, 0.3) is 17.1 Å². The van der Waals surface area contributed by atoms with E-state index in [1.807, 2.05) is 0 Å². The number of nitro groups is 1. The van der Waals surface area contributed by atoms with Crippen LogP contribution in [0.2, 0.25) is 0 Å². The van der Waals surface area contributed by atoms with Crippen molar-refractivity contribution in [2.24, 2.45) is 0 Å². The molecular weight excluding hydrogens is 280 g/mol. The third-order valence-electron chi connectivity index (χ3n) is 2.03. The first kappa shape index (κ1) is 18.7. The SMILES string of the molecule is CN(C)[S+](N(C)C)N(C)C.O=[N+]([O-])c1ccc([O-])cc1. The summed E-state index contributed by atoms with van der Waals surface area (Å²) in [7, 11) is 12.5. The molecular formula is C12H22N4O3S. The quantitative estimate of drug-likeness (QED) is 0.463. The summed E-state index contributed by atoms with van der Waals surface area (Å²) < 4.78 is 6.58. The maximum atomic E-state index is 10.4. The number of non-ortho nitro benzene ring substituents is 1. The van der Waals surface area contributed by atoms with E-state index in [4.69, 9.17) is 0 Å². The topological polar surface area (TPSA) is 75.9 Å². The molecule has 114 valence electrons. The summed E-state index contributed by atoms with van der Waals surface area (Å²) in [6.45, 7) is 0. The molecule has 0 saturated heterocycles. The molecule has 0 fully saturated rings. The van der Waals surface area contributed by atoms with Crippen molar-refractivity contribution in [3.8, 4) is 5.75 Å². The van der Waals surface area contributed by atoms with E-state index in [9.17, 15) is 15.2 Å². The lowest BCUT2D eigenvalue weighted by Gasteiger charge is -2.20. The Bertz CT molecular complexity index is 391. The molecule has 0 saturated carbocycles. The highest BCUT2D eigenvalue weighted by Gasteiger charge is 2.29. The second-order valence-corrected chi connectivity index (χ2v) is 7.11. The lowest BCUT2D eigenvalue weighted by molar-refractivity contribution is -0.385. The Morgan fingerprint density at radius 2 is 1.25 bits per heavy atom. The van der Waals surface area contributed by atoms with Gasteiger partial charge >= 0.3 is 0 Å². The molecule has 1 aromatic carbocycles. The highest BCUT2D eigenvalue weighted by Crippen LogP contribution is 2.13. The minimum absolute atomic E-state index is 0.0559. The maximum absolute atomic E-state index is 10.4. The van der Waals surface area contributed by atoms with Crippen LogP contribution in [0.3, 0.4) is 0 Å². The van der Waals surface area contributed by atoms with Crippen LogP contribution in [0.5, 0.6) is 5.75 Å². The standard InChI is InChI=1S/C6H18N3S.C6H5NO3/c1-7(2)10(8(3)4)9(5)6;8-6-3-1-5(2-4-6)7(9)10/h1-6H3;1-4,8H/q+1;/p-1. The second-order valence-electron chi connectivity index (χ2n) is 4.43. The average Bonchev–Trinajstić information content (AvgIpc) is 2.28. The first-order valence-electron chi connectivity index (χ1n) is 5.85. The van der Waals surface area contributed by atoms with Gasteiger partial charge in [-0.05, 0) is 0 Å². The lowest BCUT2D eigenvalue weighted by Crippen LogP contribution is -2.44. The third kappa shape index (κ3) is 6.71. The van der Waals surface area contributed by atoms with Crippen LogP contribution >= 0.6 is 0 Å². The average molecular weight is 302 g/mol. The zero-order valence-corrected chi connectivity index (χ0v) is 13.5. The molecule has 0 spiro atoms. The maximum Gasteiger partial charge on any atom is 0.269 e. The second kappa shape index (κ2) is 8.75. The van der Waals surface area contributed by atoms with E-state index < -0.39 is 4.92 Å². The predicted molar refractivity (Wildman–Crippen MR) is 81.0 cm³/mol. The number of hydrogen-bond donors (Lipinski definition) is 0. The molecule has 0 atom stereocenters. The normalized spacial score (nSPS) is 10.9. The van der Waals surface area contributed by atoms with Crippen LogP contribution in [-0.2, 0) is 11.5 Å². The number of nitrogens with zero attached hydrogens (tertiary/aromatic N) is 4. The van der Waals surface area contributed by atoms with Gasteiger partial charge in [-0.25, -0.2) is 0 Å². The van der Waals surface area contributed by atoms with Gasteiger partial charge in [0.1, 0.15) is 0 Å². The van der Waals surface area contributed by atoms with E-state index in [0.29, 0.717) is 0 Å². The van der Waals surface area contributed by atoms with Crippen LogP contribution in [0.4, 0.5) is 5.69 Å². The van der Waals surface area contributed by atoms with Gasteiger partial charge in [-0.3, -0.25) is 10.1 Å². The molecule has 0 bridgehead atoms. The first-order valence-corrected chi connectivity index (χ1v) is 6.94. The summed E-state index contributed by atoms with van der Waals surface area (Å²) in [5.41, 5.74) is -0.0559. The number of nitro benzene ring substituents is 1. The molecule has 0 aliphatic carbocycles. The van der Waals surface area contributed by atoms with Crippen molar-refractivity contribution in [3.63, 3.8) is 0 Å². The van der Waals surface area contributed by atoms with Crippen LogP contribution in [0.1, 0.15) is 0 Å². The molecule has 0 N–H and O–H groups in total. The van der Waals surface area contributed by atoms with Gasteiger partial charge in [0.15, 0.2) is 0 Å². The van der Waals surface area contributed by atoms with Crippen molar-refractivity contribution in [1.29, 1.82) is 0 Å². The summed E-state index contributed by atoms with van der Waals surface area (Å²) in [4.78, 5) is 9.47. The Balaban J connectivity index is 0.000000361. The molecule has 0 heterocycles. The summed E-state index contributed by atoms with van der Waals surface area (Å²) in [5, 5.41) is 20.4. The van der Waals surface area contributed by atoms with E-state index in [-0.39, 0.29) is 22.9 Å². The fourth-order valence-corrected chi connectivity index (χ4v) is 3.51. The number of benzene rings is 1. The summed E-state index contributed by atoms with van der Waals surface area (Å²) in [5.74, 6) is -0.217. The van der Waals surface area contributed by atoms with Gasteiger partial charge in [0.05, 0.1) is 4.92 Å². The molecule has 0 aromatic heterocycles. The summed E-state index contributed by atoms with van der Waals surface area (Å²) >= 11 is 0.120. The molecule has 1 aromatic rings. The predicted octanol–water partition coefficient (Wildman–Crippen LogP) is 0.703. The Labute approximate surface area is 123 Å². The van der Waals surface area contributed by atoms with Gasteiger partial charge in [-0.2, -0.15) is 0 Å². The zero-order chi connectivity index (χ0) is 15.9. The smallest absolute Gasteiger partial charge is 0.269 e. The molecule has 1 rings (SSSR count). The van der Waals surface area contributed by atoms with Crippen molar-refractivity contribution >= 4 is 17.1 Å². The first-order chi connectivity index (χ1) is 9.16. The van der Waals surface area contributed by atoms with Crippen LogP contribution in [0.15, 0.2) is 24.3 Å². The van der Waals surface area contributed by atoms with Gasteiger partial charge in [0, 0.05) is 54.4 Å². The molecule has 0 aliphatic rings. The Morgan fingerprint density at radius 1 is 0.900 bits per heavy atom. The minimum atomic E-state index is -0.542. The highest BCUT2D eigenvalue weighted by molar-refractivity contribution is 7.90. The van der Waals surface area contributed by atoms with E-state index in [1.54, 1.807) is 0 Å². The Hall–Kier alpha value is -1.35. The van der Waals surface area contributed by atoms with Crippen LogP contribution in [0.25, 0.3) is 0 Å². The van der Waals surface area contributed by atoms with Crippen molar-refractivity contribution in [3.05, 3.63) is 34.4 Å². The van der Waals surface area contributed by atoms with E-state index in [2.05, 4.69) is 55.2 Å². The van der Waals surface area contributed by atoms with Crippen molar-refractivity contribution in [2.75, 3.05) is 42.3 Å². The van der Waals surface area contributed by atoms with Crippen molar-refractivity contribution < 1.29 is 10.0 Å². The van der Waals surface area contributed by atoms with Gasteiger partial charge in [0.2, 0.25) is 0 Å². The van der Waals surface area contributed by atoms with Gasteiger partial charge in [-0.15, -0.1) is 5.75 Å². The van der Waals surface area contributed by atoms with Crippen LogP contribution in [0, 0.1) is 10.1 Å². The highest BCUT2D eigenvalue weighted by atomic mass is 32.2. The molecule has 0 amide bonds. The third-order valence-corrected chi connectivity index (χ3v) is 3.99. The molecule has 0 unspecified atom stereocenters. The van der Waals surface area contributed by atoms with Gasteiger partial charge < -0.3 is 5.11 Å². The monoisotopic (exact) mass is 302 g/mol. The Morgan fingerprint density at radius 3 is 1.45 bits per heavy atom. The number of hydrogen-bond acceptors (Lipinski definition) is 6. The summed E-state index contributed by atoms with van der Waals surface area (Å²) in [6.07, 6.45) is 0. The molecule has 20 heavy (non-hydrogen) atoms. The van der Waals surface area contributed by atoms with Crippen LogP contribution in [-0.4, -0.2) is 60.1 Å². The molecule has 0 aliphatic heterocycles. The zero-order valence-electron chi connectivity index (χ0n) is 12.7. The van der Waals surface area contributed by atoms with E-state index in [0.717, 1.165) is 12.1 Å². The number of rotatable bonds is 4. The molecule has 8 heteroatoms. The van der Waals surface area contributed by atoms with Crippen molar-refractivity contribution in [2.45, 2.75) is 0 Å². The minimum Gasteiger partial charge on any atom is -0.872 e. The van der Waals surface area contributed by atoms with Crippen LogP contribution < -0.4 is 5.11 Å². The fourth-order valence-electron chi connectivity index (χ4n) is 1.55. The fraction of sp³-hybridized carbons (Fsp3) is 0.500. The lowest BCUT2D eigenvalue weighted by atomic mass is 10.3. The van der Waals surface area contributed by atoms with E-state index >= 15 is 0 Å². The van der Waals surface area contributed by atoms with E-state index in [1.165, 1.54) is 12.1 Å². The summed E-state index contributed by atoms with van der Waals surface area (Å²) in [6, 6.07) is 4.70. The molecule has 0 radical (unpaired) electrons. The van der Waals surface area contributed by atoms with Gasteiger partial charge in [-0.1, -0.05) is 25.0 Å².